The quantitative estimate of drug-likeness (QED) is 0.674. The number of ketones is 1. The largest absolute Gasteiger partial charge is 0.344 e. The van der Waals surface area contributed by atoms with Crippen molar-refractivity contribution >= 4 is 17.6 Å². The lowest BCUT2D eigenvalue weighted by atomic mass is 10.1. The summed E-state index contributed by atoms with van der Waals surface area (Å²) >= 11 is 0. The first-order chi connectivity index (χ1) is 10.8. The van der Waals surface area contributed by atoms with Crippen LogP contribution in [-0.2, 0) is 23.9 Å². The minimum atomic E-state index is -0.813. The van der Waals surface area contributed by atoms with Crippen LogP contribution in [0.25, 0.3) is 0 Å². The molecule has 0 aromatic heterocycles. The molecule has 130 valence electrons. The molecule has 2 heterocycles. The van der Waals surface area contributed by atoms with Gasteiger partial charge in [-0.15, -0.1) is 0 Å². The Morgan fingerprint density at radius 2 is 1.83 bits per heavy atom. The molecule has 0 saturated carbocycles. The molecule has 2 fully saturated rings. The molecule has 0 spiro atoms. The van der Waals surface area contributed by atoms with Crippen LogP contribution in [0.5, 0.6) is 0 Å². The van der Waals surface area contributed by atoms with E-state index in [2.05, 4.69) is 10.6 Å². The SMILES string of the molecule is CN[C@@H](C)C(=O)N1C[C@H]2OC(OC2C(=O)N[C@@H](C)C(C)=O)[C@@H]1C. The summed E-state index contributed by atoms with van der Waals surface area (Å²) in [5, 5.41) is 5.53. The van der Waals surface area contributed by atoms with Gasteiger partial charge in [-0.2, -0.15) is 0 Å². The van der Waals surface area contributed by atoms with E-state index >= 15 is 0 Å². The van der Waals surface area contributed by atoms with Crippen LogP contribution in [0.4, 0.5) is 0 Å². The Morgan fingerprint density at radius 1 is 1.17 bits per heavy atom. The number of nitrogens with one attached hydrogen (secondary N) is 2. The zero-order valence-corrected chi connectivity index (χ0v) is 14.2. The molecule has 2 saturated heterocycles. The summed E-state index contributed by atoms with van der Waals surface area (Å²) in [5.74, 6) is -0.573. The highest BCUT2D eigenvalue weighted by molar-refractivity contribution is 5.89. The summed E-state index contributed by atoms with van der Waals surface area (Å²) in [6, 6.07) is -1.18. The molecule has 2 N–H and O–H groups in total. The molecule has 23 heavy (non-hydrogen) atoms. The summed E-state index contributed by atoms with van der Waals surface area (Å²) in [5.41, 5.74) is 0. The number of carbonyl (C=O) groups excluding carboxylic acids is 3. The Hall–Kier alpha value is -1.51. The first kappa shape index (κ1) is 17.8. The molecule has 8 heteroatoms. The van der Waals surface area contributed by atoms with E-state index in [4.69, 9.17) is 9.47 Å². The maximum atomic E-state index is 12.4. The van der Waals surface area contributed by atoms with Gasteiger partial charge in [0.25, 0.3) is 5.91 Å². The van der Waals surface area contributed by atoms with Gasteiger partial charge in [-0.25, -0.2) is 0 Å². The van der Waals surface area contributed by atoms with E-state index < -0.39 is 24.5 Å². The molecular weight excluding hydrogens is 302 g/mol. The van der Waals surface area contributed by atoms with Crippen molar-refractivity contribution in [3.63, 3.8) is 0 Å². The molecule has 8 nitrogen and oxygen atoms in total. The van der Waals surface area contributed by atoms with Crippen molar-refractivity contribution < 1.29 is 23.9 Å². The summed E-state index contributed by atoms with van der Waals surface area (Å²) in [7, 11) is 1.72. The van der Waals surface area contributed by atoms with Crippen molar-refractivity contribution in [2.75, 3.05) is 13.6 Å². The lowest BCUT2D eigenvalue weighted by Gasteiger charge is -2.38. The fraction of sp³-hybridized carbons (Fsp3) is 0.800. The van der Waals surface area contributed by atoms with Gasteiger partial charge in [0.15, 0.2) is 18.2 Å². The molecule has 0 aliphatic carbocycles. The van der Waals surface area contributed by atoms with Crippen molar-refractivity contribution in [1.29, 1.82) is 0 Å². The third-order valence-electron chi connectivity index (χ3n) is 4.50. The Labute approximate surface area is 135 Å². The first-order valence-corrected chi connectivity index (χ1v) is 7.85. The number of carbonyl (C=O) groups is 3. The number of hydrogen-bond acceptors (Lipinski definition) is 6. The van der Waals surface area contributed by atoms with Crippen molar-refractivity contribution in [2.24, 2.45) is 0 Å². The van der Waals surface area contributed by atoms with E-state index in [9.17, 15) is 14.4 Å². The van der Waals surface area contributed by atoms with Crippen LogP contribution in [-0.4, -0.2) is 72.7 Å². The number of morpholine rings is 1. The van der Waals surface area contributed by atoms with E-state index in [0.717, 1.165) is 0 Å². The number of Topliss-reactive ketones (excluding diaryl/α,β-unsaturated/α-hetero) is 1. The van der Waals surface area contributed by atoms with Gasteiger partial charge in [0.1, 0.15) is 6.10 Å². The van der Waals surface area contributed by atoms with Crippen molar-refractivity contribution in [2.45, 2.75) is 64.3 Å². The van der Waals surface area contributed by atoms with E-state index in [1.54, 1.807) is 25.8 Å². The maximum Gasteiger partial charge on any atom is 0.252 e. The number of fused-ring (bicyclic) bond motifs is 2. The van der Waals surface area contributed by atoms with Crippen LogP contribution in [0, 0.1) is 0 Å². The number of nitrogens with zero attached hydrogens (tertiary/aromatic N) is 1. The first-order valence-electron chi connectivity index (χ1n) is 7.85. The number of ether oxygens (including phenoxy) is 2. The molecule has 6 atom stereocenters. The van der Waals surface area contributed by atoms with Gasteiger partial charge in [-0.1, -0.05) is 0 Å². The Bertz CT molecular complexity index is 498. The van der Waals surface area contributed by atoms with E-state index in [0.29, 0.717) is 0 Å². The third kappa shape index (κ3) is 3.54. The summed E-state index contributed by atoms with van der Waals surface area (Å²) in [6.07, 6.45) is -1.97. The van der Waals surface area contributed by atoms with Gasteiger partial charge in [0, 0.05) is 0 Å². The number of rotatable bonds is 5. The lowest BCUT2D eigenvalue weighted by molar-refractivity contribution is -0.166. The highest BCUT2D eigenvalue weighted by atomic mass is 16.7. The second-order valence-corrected chi connectivity index (χ2v) is 6.18. The molecular formula is C15H25N3O5. The molecule has 2 rings (SSSR count). The van der Waals surface area contributed by atoms with Crippen molar-refractivity contribution in [1.82, 2.24) is 15.5 Å². The Morgan fingerprint density at radius 3 is 2.39 bits per heavy atom. The van der Waals surface area contributed by atoms with E-state index in [-0.39, 0.29) is 36.2 Å². The van der Waals surface area contributed by atoms with Crippen LogP contribution >= 0.6 is 0 Å². The zero-order valence-electron chi connectivity index (χ0n) is 14.2. The van der Waals surface area contributed by atoms with Crippen molar-refractivity contribution in [3.05, 3.63) is 0 Å². The topological polar surface area (TPSA) is 97.0 Å². The molecule has 0 aromatic carbocycles. The maximum absolute atomic E-state index is 12.4. The van der Waals surface area contributed by atoms with E-state index in [1.165, 1.54) is 6.92 Å². The fourth-order valence-electron chi connectivity index (χ4n) is 2.67. The molecule has 2 aliphatic heterocycles. The van der Waals surface area contributed by atoms with Crippen LogP contribution < -0.4 is 10.6 Å². The summed E-state index contributed by atoms with van der Waals surface area (Å²) in [4.78, 5) is 37.7. The zero-order chi connectivity index (χ0) is 17.3. The van der Waals surface area contributed by atoms with Gasteiger partial charge in [0.05, 0.1) is 24.7 Å². The second kappa shape index (κ2) is 6.94. The third-order valence-corrected chi connectivity index (χ3v) is 4.50. The van der Waals surface area contributed by atoms with Crippen LogP contribution in [0.15, 0.2) is 0 Å². The second-order valence-electron chi connectivity index (χ2n) is 6.18. The molecule has 2 unspecified atom stereocenters. The van der Waals surface area contributed by atoms with Gasteiger partial charge >= 0.3 is 0 Å². The summed E-state index contributed by atoms with van der Waals surface area (Å²) < 4.78 is 11.4. The van der Waals surface area contributed by atoms with Crippen molar-refractivity contribution in [3.8, 4) is 0 Å². The van der Waals surface area contributed by atoms with Gasteiger partial charge in [-0.05, 0) is 34.7 Å². The summed E-state index contributed by atoms with van der Waals surface area (Å²) in [6.45, 7) is 6.94. The average Bonchev–Trinajstić information content (AvgIpc) is 2.88. The minimum absolute atomic E-state index is 0.0555. The van der Waals surface area contributed by atoms with Gasteiger partial charge in [-0.3, -0.25) is 14.4 Å². The van der Waals surface area contributed by atoms with E-state index in [1.807, 2.05) is 6.92 Å². The highest BCUT2D eigenvalue weighted by Gasteiger charge is 2.50. The standard InChI is InChI=1S/C15H25N3O5/c1-7(10(4)19)17-13(20)12-11-6-18(14(21)8(2)16-5)9(3)15(22-11)23-12/h7-9,11-12,15-16H,6H2,1-5H3,(H,17,20)/t7-,8-,9-,11+,12?,15?/m0/s1. The molecule has 0 radical (unpaired) electrons. The predicted octanol–water partition coefficient (Wildman–Crippen LogP) is -0.971. The van der Waals surface area contributed by atoms with Crippen LogP contribution in [0.2, 0.25) is 0 Å². The Balaban J connectivity index is 2.06. The fourth-order valence-corrected chi connectivity index (χ4v) is 2.67. The number of likely N-dealkylation sites (N-methyl/N-ethyl adjacent to an activating group) is 1. The van der Waals surface area contributed by atoms with Crippen LogP contribution in [0.1, 0.15) is 27.7 Å². The minimum Gasteiger partial charge on any atom is -0.344 e. The van der Waals surface area contributed by atoms with Gasteiger partial charge in [0.2, 0.25) is 5.91 Å². The molecule has 2 bridgehead atoms. The van der Waals surface area contributed by atoms with Gasteiger partial charge < -0.3 is 25.0 Å². The van der Waals surface area contributed by atoms with Crippen LogP contribution in [0.3, 0.4) is 0 Å². The highest BCUT2D eigenvalue weighted by Crippen LogP contribution is 2.30. The molecule has 2 amide bonds. The Kier molecular flexibility index (Phi) is 5.38. The normalized spacial score (nSPS) is 32.3. The lowest BCUT2D eigenvalue weighted by Crippen LogP contribution is -2.57. The number of amides is 2. The average molecular weight is 327 g/mol. The predicted molar refractivity (Wildman–Crippen MR) is 81.5 cm³/mol. The molecule has 2 aliphatic rings. The monoisotopic (exact) mass is 327 g/mol. The molecule has 0 aromatic rings. The smallest absolute Gasteiger partial charge is 0.252 e. The number of hydrogen-bond donors (Lipinski definition) is 2.